The van der Waals surface area contributed by atoms with Gasteiger partial charge in [-0.05, 0) is 12.1 Å². The van der Waals surface area contributed by atoms with E-state index in [2.05, 4.69) is 24.5 Å². The predicted octanol–water partition coefficient (Wildman–Crippen LogP) is 1.96. The van der Waals surface area contributed by atoms with E-state index in [9.17, 15) is 14.9 Å². The molecule has 0 radical (unpaired) electrons. The molecule has 1 aromatic carbocycles. The number of carboxylic acids is 1. The summed E-state index contributed by atoms with van der Waals surface area (Å²) in [4.78, 5) is 20.7. The number of aromatic carboxylic acids is 1. The molecule has 0 aromatic heterocycles. The van der Waals surface area contributed by atoms with E-state index in [4.69, 9.17) is 5.11 Å². The van der Waals surface area contributed by atoms with Crippen LogP contribution in [0.2, 0.25) is 0 Å². The van der Waals surface area contributed by atoms with Crippen LogP contribution in [-0.4, -0.2) is 21.8 Å². The van der Waals surface area contributed by atoms with E-state index in [-0.39, 0.29) is 5.56 Å². The van der Waals surface area contributed by atoms with Crippen molar-refractivity contribution in [3.63, 3.8) is 0 Å². The Balaban J connectivity index is 3.16. The van der Waals surface area contributed by atoms with Gasteiger partial charge >= 0.3 is 5.97 Å². The van der Waals surface area contributed by atoms with Gasteiger partial charge < -0.3 is 5.11 Å². The molecule has 17 heavy (non-hydrogen) atoms. The summed E-state index contributed by atoms with van der Waals surface area (Å²) >= 11 is 3.98. The molecule has 0 unspecified atom stereocenters. The van der Waals surface area contributed by atoms with E-state index in [1.165, 1.54) is 12.1 Å². The lowest BCUT2D eigenvalue weighted by Gasteiger charge is -1.98. The molecule has 5 nitrogen and oxygen atoms in total. The van der Waals surface area contributed by atoms with Gasteiger partial charge in [0.1, 0.15) is 5.56 Å². The van der Waals surface area contributed by atoms with Gasteiger partial charge in [-0.15, -0.1) is 0 Å². The highest BCUT2D eigenvalue weighted by Gasteiger charge is 2.19. The van der Waals surface area contributed by atoms with Crippen LogP contribution in [0.1, 0.15) is 22.3 Å². The van der Waals surface area contributed by atoms with Gasteiger partial charge in [-0.2, -0.15) is 12.6 Å². The van der Waals surface area contributed by atoms with Crippen molar-refractivity contribution >= 4 is 24.3 Å². The first-order chi connectivity index (χ1) is 8.06. The molecule has 0 saturated carbocycles. The second kappa shape index (κ2) is 5.92. The standard InChI is InChI=1S/C11H9NO4S/c13-11(14)9-7-8(3-1-2-6-17)4-5-10(9)12(15)16/h4-5,7,17H,2,6H2,(H,13,14). The molecule has 0 heterocycles. The van der Waals surface area contributed by atoms with Gasteiger partial charge in [0.15, 0.2) is 0 Å². The molecule has 1 N–H and O–H groups in total. The minimum absolute atomic E-state index is 0.354. The van der Waals surface area contributed by atoms with Crippen LogP contribution in [0.25, 0.3) is 0 Å². The summed E-state index contributed by atoms with van der Waals surface area (Å²) in [6.45, 7) is 0. The molecule has 0 aliphatic heterocycles. The lowest BCUT2D eigenvalue weighted by molar-refractivity contribution is -0.385. The summed E-state index contributed by atoms with van der Waals surface area (Å²) in [5, 5.41) is 19.4. The smallest absolute Gasteiger partial charge is 0.342 e. The van der Waals surface area contributed by atoms with Gasteiger partial charge in [-0.3, -0.25) is 10.1 Å². The van der Waals surface area contributed by atoms with E-state index >= 15 is 0 Å². The van der Waals surface area contributed by atoms with Crippen LogP contribution in [0.15, 0.2) is 18.2 Å². The largest absolute Gasteiger partial charge is 0.477 e. The second-order valence-electron chi connectivity index (χ2n) is 3.07. The summed E-state index contributed by atoms with van der Waals surface area (Å²) in [5.74, 6) is 4.76. The highest BCUT2D eigenvalue weighted by Crippen LogP contribution is 2.19. The van der Waals surface area contributed by atoms with Gasteiger partial charge in [-0.25, -0.2) is 4.79 Å². The maximum Gasteiger partial charge on any atom is 0.342 e. The van der Waals surface area contributed by atoms with Crippen LogP contribution in [0.5, 0.6) is 0 Å². The third-order valence-corrected chi connectivity index (χ3v) is 2.12. The normalized spacial score (nSPS) is 9.24. The fourth-order valence-corrected chi connectivity index (χ4v) is 1.28. The zero-order chi connectivity index (χ0) is 12.8. The van der Waals surface area contributed by atoms with Gasteiger partial charge in [0.2, 0.25) is 0 Å². The fraction of sp³-hybridized carbons (Fsp3) is 0.182. The Hall–Kier alpha value is -2.00. The fourth-order valence-electron chi connectivity index (χ4n) is 1.16. The van der Waals surface area contributed by atoms with E-state index < -0.39 is 16.6 Å². The Labute approximate surface area is 103 Å². The monoisotopic (exact) mass is 251 g/mol. The third-order valence-electron chi connectivity index (χ3n) is 1.89. The minimum Gasteiger partial charge on any atom is -0.477 e. The number of rotatable bonds is 3. The first-order valence-electron chi connectivity index (χ1n) is 4.67. The number of thiol groups is 1. The molecule has 0 amide bonds. The number of nitro groups is 1. The number of nitro benzene ring substituents is 1. The Morgan fingerprint density at radius 2 is 2.24 bits per heavy atom. The van der Waals surface area contributed by atoms with Crippen molar-refractivity contribution in [3.8, 4) is 11.8 Å². The third kappa shape index (κ3) is 3.50. The second-order valence-corrected chi connectivity index (χ2v) is 3.52. The number of benzene rings is 1. The Bertz CT molecular complexity index is 516. The van der Waals surface area contributed by atoms with Crippen LogP contribution < -0.4 is 0 Å². The predicted molar refractivity (Wildman–Crippen MR) is 65.4 cm³/mol. The molecule has 0 spiro atoms. The van der Waals surface area contributed by atoms with E-state index in [0.29, 0.717) is 17.7 Å². The first kappa shape index (κ1) is 13.1. The summed E-state index contributed by atoms with van der Waals surface area (Å²) in [6.07, 6.45) is 0.572. The van der Waals surface area contributed by atoms with Crippen molar-refractivity contribution in [2.45, 2.75) is 6.42 Å². The number of hydrogen-bond donors (Lipinski definition) is 2. The Kier molecular flexibility index (Phi) is 4.55. The molecule has 0 saturated heterocycles. The van der Waals surface area contributed by atoms with Crippen molar-refractivity contribution in [1.82, 2.24) is 0 Å². The van der Waals surface area contributed by atoms with Gasteiger partial charge in [0.25, 0.3) is 5.69 Å². The highest BCUT2D eigenvalue weighted by molar-refractivity contribution is 7.80. The average Bonchev–Trinajstić information content (AvgIpc) is 2.29. The van der Waals surface area contributed by atoms with Crippen LogP contribution >= 0.6 is 12.6 Å². The van der Waals surface area contributed by atoms with E-state index in [1.54, 1.807) is 0 Å². The number of nitrogens with zero attached hydrogens (tertiary/aromatic N) is 1. The van der Waals surface area contributed by atoms with Crippen molar-refractivity contribution in [3.05, 3.63) is 39.4 Å². The topological polar surface area (TPSA) is 80.4 Å². The SMILES string of the molecule is O=C(O)c1cc(C#CCCS)ccc1[N+](=O)[O-]. The molecule has 1 aromatic rings. The van der Waals surface area contributed by atoms with Crippen molar-refractivity contribution in [2.75, 3.05) is 5.75 Å². The molecule has 88 valence electrons. The van der Waals surface area contributed by atoms with Crippen molar-refractivity contribution in [1.29, 1.82) is 0 Å². The molecular weight excluding hydrogens is 242 g/mol. The number of carboxylic acid groups (broad SMARTS) is 1. The van der Waals surface area contributed by atoms with Crippen molar-refractivity contribution < 1.29 is 14.8 Å². The molecular formula is C11H9NO4S. The Morgan fingerprint density at radius 3 is 2.76 bits per heavy atom. The lowest BCUT2D eigenvalue weighted by Crippen LogP contribution is -2.02. The van der Waals surface area contributed by atoms with Crippen molar-refractivity contribution in [2.24, 2.45) is 0 Å². The summed E-state index contributed by atoms with van der Waals surface area (Å²) < 4.78 is 0. The highest BCUT2D eigenvalue weighted by atomic mass is 32.1. The van der Waals surface area contributed by atoms with Crippen LogP contribution in [0, 0.1) is 22.0 Å². The van der Waals surface area contributed by atoms with Gasteiger partial charge in [0.05, 0.1) is 4.92 Å². The summed E-state index contributed by atoms with van der Waals surface area (Å²) in [5.41, 5.74) is -0.347. The Morgan fingerprint density at radius 1 is 1.53 bits per heavy atom. The van der Waals surface area contributed by atoms with Gasteiger partial charge in [-0.1, -0.05) is 11.8 Å². The summed E-state index contributed by atoms with van der Waals surface area (Å²) in [6, 6.07) is 3.77. The van der Waals surface area contributed by atoms with E-state index in [0.717, 1.165) is 6.07 Å². The van der Waals surface area contributed by atoms with Crippen LogP contribution in [-0.2, 0) is 0 Å². The minimum atomic E-state index is -1.34. The van der Waals surface area contributed by atoms with Crippen LogP contribution in [0.3, 0.4) is 0 Å². The lowest BCUT2D eigenvalue weighted by atomic mass is 10.1. The number of hydrogen-bond acceptors (Lipinski definition) is 4. The zero-order valence-corrected chi connectivity index (χ0v) is 9.61. The molecule has 0 aliphatic carbocycles. The van der Waals surface area contributed by atoms with E-state index in [1.807, 2.05) is 0 Å². The zero-order valence-electron chi connectivity index (χ0n) is 8.71. The maximum absolute atomic E-state index is 10.8. The molecule has 6 heteroatoms. The van der Waals surface area contributed by atoms with Crippen LogP contribution in [0.4, 0.5) is 5.69 Å². The molecule has 0 atom stereocenters. The molecule has 0 bridgehead atoms. The molecule has 0 fully saturated rings. The first-order valence-corrected chi connectivity index (χ1v) is 5.31. The quantitative estimate of drug-likeness (QED) is 0.372. The van der Waals surface area contributed by atoms with Gasteiger partial charge in [0, 0.05) is 23.8 Å². The number of carbonyl (C=O) groups is 1. The molecule has 1 rings (SSSR count). The average molecular weight is 251 g/mol. The summed E-state index contributed by atoms with van der Waals surface area (Å²) in [7, 11) is 0. The maximum atomic E-state index is 10.8. The molecule has 0 aliphatic rings.